The predicted octanol–water partition coefficient (Wildman–Crippen LogP) is 2.60. The topological polar surface area (TPSA) is 30.5 Å². The summed E-state index contributed by atoms with van der Waals surface area (Å²) >= 11 is 0. The second-order valence-electron chi connectivity index (χ2n) is 7.13. The van der Waals surface area contributed by atoms with Crippen molar-refractivity contribution in [2.75, 3.05) is 26.8 Å². The molecule has 0 aromatic heterocycles. The van der Waals surface area contributed by atoms with Gasteiger partial charge in [0.05, 0.1) is 18.8 Å². The Kier molecular flexibility index (Phi) is 4.35. The van der Waals surface area contributed by atoms with Crippen LogP contribution in [-0.4, -0.2) is 38.5 Å². The van der Waals surface area contributed by atoms with Gasteiger partial charge in [-0.15, -0.1) is 0 Å². The summed E-state index contributed by atoms with van der Waals surface area (Å²) in [5.74, 6) is 0.837. The molecule has 3 heteroatoms. The summed E-state index contributed by atoms with van der Waals surface area (Å²) in [5, 5.41) is 3.32. The van der Waals surface area contributed by atoms with Crippen molar-refractivity contribution < 1.29 is 9.47 Å². The molecule has 0 atom stereocenters. The third-order valence-corrected chi connectivity index (χ3v) is 4.64. The fourth-order valence-corrected chi connectivity index (χ4v) is 3.30. The minimum atomic E-state index is 0.0605. The summed E-state index contributed by atoms with van der Waals surface area (Å²) < 4.78 is 11.6. The highest BCUT2D eigenvalue weighted by Gasteiger charge is 2.41. The maximum Gasteiger partial charge on any atom is 0.105 e. The molecule has 0 bridgehead atoms. The first-order valence-corrected chi connectivity index (χ1v) is 7.35. The molecule has 0 spiro atoms. The van der Waals surface area contributed by atoms with Crippen LogP contribution in [-0.2, 0) is 9.47 Å². The first-order valence-electron chi connectivity index (χ1n) is 7.35. The van der Waals surface area contributed by atoms with E-state index in [9.17, 15) is 0 Å². The lowest BCUT2D eigenvalue weighted by Crippen LogP contribution is -2.52. The van der Waals surface area contributed by atoms with Crippen LogP contribution < -0.4 is 5.32 Å². The van der Waals surface area contributed by atoms with Gasteiger partial charge in [-0.2, -0.15) is 0 Å². The van der Waals surface area contributed by atoms with Crippen LogP contribution in [0.5, 0.6) is 0 Å². The summed E-state index contributed by atoms with van der Waals surface area (Å²) in [6, 6.07) is 0. The minimum Gasteiger partial charge on any atom is -0.376 e. The van der Waals surface area contributed by atoms with Crippen LogP contribution in [0.3, 0.4) is 0 Å². The highest BCUT2D eigenvalue weighted by Crippen LogP contribution is 2.43. The van der Waals surface area contributed by atoms with Crippen molar-refractivity contribution in [3.63, 3.8) is 0 Å². The van der Waals surface area contributed by atoms with E-state index in [0.29, 0.717) is 11.5 Å². The SMILES string of the molecule is CNCC1(OC2COC2)CCC(C(C)(C)C)CC1. The second-order valence-corrected chi connectivity index (χ2v) is 7.13. The van der Waals surface area contributed by atoms with Gasteiger partial charge in [0.1, 0.15) is 6.10 Å². The van der Waals surface area contributed by atoms with Crippen LogP contribution in [0.4, 0.5) is 0 Å². The summed E-state index contributed by atoms with van der Waals surface area (Å²) in [6.45, 7) is 9.64. The predicted molar refractivity (Wildman–Crippen MR) is 73.8 cm³/mol. The van der Waals surface area contributed by atoms with Crippen molar-refractivity contribution in [2.45, 2.75) is 58.2 Å². The Hall–Kier alpha value is -0.120. The lowest BCUT2D eigenvalue weighted by molar-refractivity contribution is -0.204. The van der Waals surface area contributed by atoms with E-state index in [4.69, 9.17) is 9.47 Å². The van der Waals surface area contributed by atoms with Crippen LogP contribution in [0.2, 0.25) is 0 Å². The largest absolute Gasteiger partial charge is 0.376 e. The fraction of sp³-hybridized carbons (Fsp3) is 1.00. The molecule has 2 rings (SSSR count). The Morgan fingerprint density at radius 2 is 1.83 bits per heavy atom. The second kappa shape index (κ2) is 5.48. The lowest BCUT2D eigenvalue weighted by atomic mass is 9.68. The molecule has 1 aliphatic heterocycles. The van der Waals surface area contributed by atoms with Crippen LogP contribution >= 0.6 is 0 Å². The van der Waals surface area contributed by atoms with Crippen LogP contribution in [0.15, 0.2) is 0 Å². The Balaban J connectivity index is 1.92. The first-order chi connectivity index (χ1) is 8.45. The Morgan fingerprint density at radius 3 is 2.22 bits per heavy atom. The maximum absolute atomic E-state index is 6.33. The standard InChI is InChI=1S/C15H29NO2/c1-14(2,3)12-5-7-15(8-6-12,11-16-4)18-13-9-17-10-13/h12-13,16H,5-11H2,1-4H3. The van der Waals surface area contributed by atoms with Crippen molar-refractivity contribution in [3.05, 3.63) is 0 Å². The average Bonchev–Trinajstić information content (AvgIpc) is 2.24. The van der Waals surface area contributed by atoms with E-state index in [1.807, 2.05) is 7.05 Å². The summed E-state index contributed by atoms with van der Waals surface area (Å²) in [7, 11) is 2.03. The zero-order valence-electron chi connectivity index (χ0n) is 12.4. The molecule has 1 saturated heterocycles. The Bertz CT molecular complexity index is 260. The molecule has 2 aliphatic rings. The van der Waals surface area contributed by atoms with Crippen molar-refractivity contribution in [2.24, 2.45) is 11.3 Å². The number of likely N-dealkylation sites (N-methyl/N-ethyl adjacent to an activating group) is 1. The third kappa shape index (κ3) is 3.25. The van der Waals surface area contributed by atoms with Gasteiger partial charge in [0, 0.05) is 6.54 Å². The average molecular weight is 255 g/mol. The van der Waals surface area contributed by atoms with E-state index in [1.54, 1.807) is 0 Å². The van der Waals surface area contributed by atoms with E-state index in [2.05, 4.69) is 26.1 Å². The van der Waals surface area contributed by atoms with Crippen LogP contribution in [0.25, 0.3) is 0 Å². The van der Waals surface area contributed by atoms with Gasteiger partial charge in [0.25, 0.3) is 0 Å². The van der Waals surface area contributed by atoms with Gasteiger partial charge in [-0.05, 0) is 44.1 Å². The molecule has 0 radical (unpaired) electrons. The van der Waals surface area contributed by atoms with Crippen LogP contribution in [0, 0.1) is 11.3 Å². The molecule has 2 fully saturated rings. The summed E-state index contributed by atoms with van der Waals surface area (Å²) in [5.41, 5.74) is 0.496. The molecular weight excluding hydrogens is 226 g/mol. The monoisotopic (exact) mass is 255 g/mol. The van der Waals surface area contributed by atoms with E-state index < -0.39 is 0 Å². The van der Waals surface area contributed by atoms with Crippen molar-refractivity contribution in [3.8, 4) is 0 Å². The zero-order chi connectivity index (χ0) is 13.2. The number of nitrogens with one attached hydrogen (secondary N) is 1. The van der Waals surface area contributed by atoms with Crippen LogP contribution in [0.1, 0.15) is 46.5 Å². The fourth-order valence-electron chi connectivity index (χ4n) is 3.30. The Labute approximate surface area is 112 Å². The number of rotatable bonds is 4. The molecule has 1 N–H and O–H groups in total. The van der Waals surface area contributed by atoms with Gasteiger partial charge >= 0.3 is 0 Å². The van der Waals surface area contributed by atoms with Gasteiger partial charge < -0.3 is 14.8 Å². The molecule has 1 saturated carbocycles. The molecule has 1 aliphatic carbocycles. The van der Waals surface area contributed by atoms with Crippen molar-refractivity contribution in [1.82, 2.24) is 5.32 Å². The van der Waals surface area contributed by atoms with Gasteiger partial charge in [0.15, 0.2) is 0 Å². The summed E-state index contributed by atoms with van der Waals surface area (Å²) in [4.78, 5) is 0. The van der Waals surface area contributed by atoms with E-state index >= 15 is 0 Å². The minimum absolute atomic E-state index is 0.0605. The Morgan fingerprint density at radius 1 is 1.22 bits per heavy atom. The molecule has 106 valence electrons. The molecule has 0 unspecified atom stereocenters. The first kappa shape index (κ1) is 14.3. The number of ether oxygens (including phenoxy) is 2. The van der Waals surface area contributed by atoms with Gasteiger partial charge in [-0.1, -0.05) is 20.8 Å². The smallest absolute Gasteiger partial charge is 0.105 e. The third-order valence-electron chi connectivity index (χ3n) is 4.64. The summed E-state index contributed by atoms with van der Waals surface area (Å²) in [6.07, 6.45) is 5.29. The number of hydrogen-bond donors (Lipinski definition) is 1. The quantitative estimate of drug-likeness (QED) is 0.837. The van der Waals surface area contributed by atoms with E-state index in [1.165, 1.54) is 25.7 Å². The molecule has 1 heterocycles. The van der Waals surface area contributed by atoms with Gasteiger partial charge in [-0.3, -0.25) is 0 Å². The molecule has 0 aromatic carbocycles. The lowest BCUT2D eigenvalue weighted by Gasteiger charge is -2.46. The van der Waals surface area contributed by atoms with Crippen molar-refractivity contribution in [1.29, 1.82) is 0 Å². The van der Waals surface area contributed by atoms with Gasteiger partial charge in [0.2, 0.25) is 0 Å². The molecule has 0 aromatic rings. The normalized spacial score (nSPS) is 34.3. The molecule has 18 heavy (non-hydrogen) atoms. The zero-order valence-corrected chi connectivity index (χ0v) is 12.4. The van der Waals surface area contributed by atoms with Crippen molar-refractivity contribution >= 4 is 0 Å². The van der Waals surface area contributed by atoms with E-state index in [-0.39, 0.29) is 5.60 Å². The highest BCUT2D eigenvalue weighted by molar-refractivity contribution is 4.93. The molecular formula is C15H29NO2. The highest BCUT2D eigenvalue weighted by atomic mass is 16.6. The maximum atomic E-state index is 6.33. The molecule has 0 amide bonds. The molecule has 3 nitrogen and oxygen atoms in total. The number of hydrogen-bond acceptors (Lipinski definition) is 3. The van der Waals surface area contributed by atoms with E-state index in [0.717, 1.165) is 25.7 Å². The van der Waals surface area contributed by atoms with Gasteiger partial charge in [-0.25, -0.2) is 0 Å².